The van der Waals surface area contributed by atoms with Crippen LogP contribution >= 0.6 is 34.7 Å². The summed E-state index contributed by atoms with van der Waals surface area (Å²) in [6.07, 6.45) is 0.697. The summed E-state index contributed by atoms with van der Waals surface area (Å²) in [5.74, 6) is 1.51. The number of Topliss-reactive ketones (excluding diaryl/α,β-unsaturated/α-hetero) is 1. The fraction of sp³-hybridized carbons (Fsp3) is 0.286. The topological polar surface area (TPSA) is 87.7 Å². The van der Waals surface area contributed by atoms with Crippen molar-refractivity contribution in [2.45, 2.75) is 38.1 Å². The maximum Gasteiger partial charge on any atom is 0.268 e. The first-order valence-corrected chi connectivity index (χ1v) is 14.7. The van der Waals surface area contributed by atoms with Crippen molar-refractivity contribution in [1.29, 1.82) is 0 Å². The van der Waals surface area contributed by atoms with E-state index in [0.29, 0.717) is 57.3 Å². The molecule has 3 aromatic heterocycles. The fourth-order valence-corrected chi connectivity index (χ4v) is 7.03. The minimum atomic E-state index is -0.147. The molecule has 0 spiro atoms. The summed E-state index contributed by atoms with van der Waals surface area (Å²) in [6.45, 7) is 4.72. The molecule has 11 heteroatoms. The molecule has 6 rings (SSSR count). The SMILES string of the molecule is COc1ccc(-n2c(=O)c3c4c(sc3n3c(SCC(=O)c5ccc(Cl)cc5)nnc23)CO[C@@H](C(C)C)C4)cc1. The minimum absolute atomic E-state index is 0.0339. The lowest BCUT2D eigenvalue weighted by Crippen LogP contribution is -2.28. The molecule has 0 saturated heterocycles. The predicted molar refractivity (Wildman–Crippen MR) is 154 cm³/mol. The first-order chi connectivity index (χ1) is 18.9. The van der Waals surface area contributed by atoms with E-state index in [-0.39, 0.29) is 23.2 Å². The number of halogens is 1. The summed E-state index contributed by atoms with van der Waals surface area (Å²) in [5.41, 5.74) is 2.10. The van der Waals surface area contributed by atoms with Gasteiger partial charge >= 0.3 is 0 Å². The van der Waals surface area contributed by atoms with E-state index in [1.807, 2.05) is 28.7 Å². The van der Waals surface area contributed by atoms with E-state index in [9.17, 15) is 9.59 Å². The van der Waals surface area contributed by atoms with Crippen molar-refractivity contribution in [2.24, 2.45) is 5.92 Å². The number of rotatable bonds is 7. The quantitative estimate of drug-likeness (QED) is 0.177. The number of thiophene rings is 1. The Morgan fingerprint density at radius 2 is 1.92 bits per heavy atom. The van der Waals surface area contributed by atoms with Gasteiger partial charge in [0.2, 0.25) is 5.78 Å². The van der Waals surface area contributed by atoms with Crippen LogP contribution in [0.25, 0.3) is 21.7 Å². The Morgan fingerprint density at radius 1 is 1.18 bits per heavy atom. The largest absolute Gasteiger partial charge is 0.497 e. The van der Waals surface area contributed by atoms with E-state index in [1.54, 1.807) is 35.9 Å². The van der Waals surface area contributed by atoms with Crippen LogP contribution in [0.15, 0.2) is 58.5 Å². The summed E-state index contributed by atoms with van der Waals surface area (Å²) in [7, 11) is 1.60. The van der Waals surface area contributed by atoms with E-state index in [0.717, 1.165) is 15.3 Å². The Hall–Kier alpha value is -3.18. The third-order valence-corrected chi connectivity index (χ3v) is 9.29. The van der Waals surface area contributed by atoms with E-state index in [1.165, 1.54) is 23.1 Å². The molecule has 0 bridgehead atoms. The number of carbonyl (C=O) groups excluding carboxylic acids is 1. The van der Waals surface area contributed by atoms with E-state index in [2.05, 4.69) is 24.0 Å². The molecule has 8 nitrogen and oxygen atoms in total. The maximum absolute atomic E-state index is 14.1. The lowest BCUT2D eigenvalue weighted by Gasteiger charge is -2.26. The first kappa shape index (κ1) is 26.1. The van der Waals surface area contributed by atoms with Crippen molar-refractivity contribution >= 4 is 56.5 Å². The van der Waals surface area contributed by atoms with Gasteiger partial charge in [0.1, 0.15) is 10.6 Å². The second-order valence-electron chi connectivity index (χ2n) is 9.66. The van der Waals surface area contributed by atoms with Crippen LogP contribution < -0.4 is 10.3 Å². The molecule has 0 saturated carbocycles. The average molecular weight is 581 g/mol. The molecule has 39 heavy (non-hydrogen) atoms. The predicted octanol–water partition coefficient (Wildman–Crippen LogP) is 5.83. The summed E-state index contributed by atoms with van der Waals surface area (Å²) < 4.78 is 14.9. The number of ether oxygens (including phenoxy) is 2. The molecule has 0 amide bonds. The Balaban J connectivity index is 1.51. The Kier molecular flexibility index (Phi) is 6.96. The molecule has 2 aromatic carbocycles. The average Bonchev–Trinajstić information content (AvgIpc) is 3.53. The van der Waals surface area contributed by atoms with Crippen LogP contribution in [-0.4, -0.2) is 43.9 Å². The van der Waals surface area contributed by atoms with Crippen LogP contribution in [0.4, 0.5) is 0 Å². The molecule has 0 fully saturated rings. The third kappa shape index (κ3) is 4.65. The highest BCUT2D eigenvalue weighted by Gasteiger charge is 2.30. The van der Waals surface area contributed by atoms with Crippen molar-refractivity contribution in [3.63, 3.8) is 0 Å². The number of benzene rings is 2. The Labute approximate surface area is 237 Å². The number of hydrogen-bond donors (Lipinski definition) is 0. The molecule has 0 unspecified atom stereocenters. The molecular formula is C28H25ClN4O4S2. The van der Waals surface area contributed by atoms with Gasteiger partial charge in [0.05, 0.1) is 36.6 Å². The van der Waals surface area contributed by atoms with E-state index < -0.39 is 0 Å². The molecule has 0 N–H and O–H groups in total. The summed E-state index contributed by atoms with van der Waals surface area (Å²) >= 11 is 8.80. The van der Waals surface area contributed by atoms with Gasteiger partial charge in [-0.05, 0) is 60.0 Å². The zero-order valence-corrected chi connectivity index (χ0v) is 23.9. The fourth-order valence-electron chi connectivity index (χ4n) is 4.77. The molecule has 0 radical (unpaired) electrons. The Morgan fingerprint density at radius 3 is 2.62 bits per heavy atom. The Bertz CT molecular complexity index is 1760. The summed E-state index contributed by atoms with van der Waals surface area (Å²) in [4.78, 5) is 28.9. The van der Waals surface area contributed by atoms with Crippen molar-refractivity contribution in [2.75, 3.05) is 12.9 Å². The van der Waals surface area contributed by atoms with Crippen LogP contribution in [0.3, 0.4) is 0 Å². The summed E-state index contributed by atoms with van der Waals surface area (Å²) in [6, 6.07) is 14.1. The number of nitrogens with zero attached hydrogens (tertiary/aromatic N) is 4. The van der Waals surface area contributed by atoms with Crippen LogP contribution in [0.1, 0.15) is 34.6 Å². The molecule has 4 heterocycles. The van der Waals surface area contributed by atoms with Crippen LogP contribution in [-0.2, 0) is 17.8 Å². The third-order valence-electron chi connectivity index (χ3n) is 6.91. The van der Waals surface area contributed by atoms with Crippen LogP contribution in [0.2, 0.25) is 5.02 Å². The van der Waals surface area contributed by atoms with Crippen molar-refractivity contribution in [1.82, 2.24) is 19.2 Å². The monoisotopic (exact) mass is 580 g/mol. The van der Waals surface area contributed by atoms with Crippen LogP contribution in [0.5, 0.6) is 5.75 Å². The lowest BCUT2D eigenvalue weighted by molar-refractivity contribution is 0.00200. The molecular weight excluding hydrogens is 556 g/mol. The maximum atomic E-state index is 14.1. The number of aromatic nitrogens is 4. The molecule has 1 aliphatic heterocycles. The number of carbonyl (C=O) groups is 1. The smallest absolute Gasteiger partial charge is 0.268 e. The zero-order valence-electron chi connectivity index (χ0n) is 21.5. The minimum Gasteiger partial charge on any atom is -0.497 e. The second kappa shape index (κ2) is 10.4. The molecule has 200 valence electrons. The molecule has 1 atom stereocenters. The van der Waals surface area contributed by atoms with Gasteiger partial charge < -0.3 is 9.47 Å². The van der Waals surface area contributed by atoms with Gasteiger partial charge in [0, 0.05) is 21.9 Å². The van der Waals surface area contributed by atoms with Gasteiger partial charge in [-0.3, -0.25) is 9.59 Å². The van der Waals surface area contributed by atoms with Gasteiger partial charge in [0.25, 0.3) is 5.56 Å². The second-order valence-corrected chi connectivity index (χ2v) is 12.1. The van der Waals surface area contributed by atoms with E-state index >= 15 is 0 Å². The van der Waals surface area contributed by atoms with Gasteiger partial charge in [-0.25, -0.2) is 8.97 Å². The number of methoxy groups -OCH3 is 1. The van der Waals surface area contributed by atoms with Gasteiger partial charge in [-0.15, -0.1) is 21.5 Å². The molecule has 1 aliphatic rings. The van der Waals surface area contributed by atoms with E-state index in [4.69, 9.17) is 21.1 Å². The number of fused-ring (bicyclic) bond motifs is 5. The highest BCUT2D eigenvalue weighted by atomic mass is 35.5. The van der Waals surface area contributed by atoms with Crippen molar-refractivity contribution < 1.29 is 14.3 Å². The molecule has 5 aromatic rings. The first-order valence-electron chi connectivity index (χ1n) is 12.5. The zero-order chi connectivity index (χ0) is 27.3. The van der Waals surface area contributed by atoms with Gasteiger partial charge in [-0.1, -0.05) is 37.2 Å². The summed E-state index contributed by atoms with van der Waals surface area (Å²) in [5, 5.41) is 10.6. The number of thioether (sulfide) groups is 1. The van der Waals surface area contributed by atoms with Crippen molar-refractivity contribution in [3.8, 4) is 11.4 Å². The molecule has 0 aliphatic carbocycles. The highest BCUT2D eigenvalue weighted by Crippen LogP contribution is 2.37. The normalized spacial score (nSPS) is 15.3. The number of hydrogen-bond acceptors (Lipinski definition) is 8. The van der Waals surface area contributed by atoms with Gasteiger partial charge in [0.15, 0.2) is 10.9 Å². The van der Waals surface area contributed by atoms with Gasteiger partial charge in [-0.2, -0.15) is 0 Å². The van der Waals surface area contributed by atoms with Crippen LogP contribution in [0, 0.1) is 5.92 Å². The highest BCUT2D eigenvalue weighted by molar-refractivity contribution is 7.99. The standard InChI is InChI=1S/C28H25ClN4O4S2/c1-15(2)22-12-20-23(13-37-22)39-26-24(20)25(35)32(18-8-10-19(36-3)11-9-18)27-30-31-28(33(26)27)38-14-21(34)16-4-6-17(29)7-5-16/h4-11,15,22H,12-14H2,1-3H3/t22-/m1/s1. The lowest BCUT2D eigenvalue weighted by atomic mass is 9.96. The van der Waals surface area contributed by atoms with Crippen molar-refractivity contribution in [3.05, 3.63) is 79.9 Å². The number of ketones is 1.